The zero-order chi connectivity index (χ0) is 19.2. The molecular formula is C22H27FN2O2. The summed E-state index contributed by atoms with van der Waals surface area (Å²) >= 11 is 0. The normalized spacial score (nSPS) is 17.7. The Kier molecular flexibility index (Phi) is 6.45. The maximum absolute atomic E-state index is 13.0. The Morgan fingerprint density at radius 2 is 2.00 bits per heavy atom. The number of piperidine rings is 1. The van der Waals surface area contributed by atoms with Crippen LogP contribution in [0.25, 0.3) is 0 Å². The minimum absolute atomic E-state index is 0.0961. The fourth-order valence-electron chi connectivity index (χ4n) is 3.41. The fourth-order valence-corrected chi connectivity index (χ4v) is 3.41. The number of ether oxygens (including phenoxy) is 1. The third-order valence-corrected chi connectivity index (χ3v) is 4.98. The lowest BCUT2D eigenvalue weighted by atomic mass is 9.97. The maximum Gasteiger partial charge on any atom is 0.251 e. The molecule has 1 fully saturated rings. The van der Waals surface area contributed by atoms with Gasteiger partial charge in [0.15, 0.2) is 0 Å². The standard InChI is InChI=1S/C22H27FN2O2/c1-16(2)25-12-4-5-17(15-25)14-24-22(26)18-6-3-7-21(13-18)27-20-10-8-19(23)9-11-20/h3,6-11,13,16-17H,4-5,12,14-15H2,1-2H3,(H,24,26). The fraction of sp³-hybridized carbons (Fsp3) is 0.409. The lowest BCUT2D eigenvalue weighted by Gasteiger charge is -2.35. The number of rotatable bonds is 6. The summed E-state index contributed by atoms with van der Waals surface area (Å²) in [5.41, 5.74) is 0.561. The maximum atomic E-state index is 13.0. The number of hydrogen-bond donors (Lipinski definition) is 1. The molecule has 1 saturated heterocycles. The number of likely N-dealkylation sites (tertiary alicyclic amines) is 1. The molecule has 0 radical (unpaired) electrons. The first-order valence-electron chi connectivity index (χ1n) is 9.57. The van der Waals surface area contributed by atoms with Crippen molar-refractivity contribution < 1.29 is 13.9 Å². The van der Waals surface area contributed by atoms with Crippen molar-refractivity contribution in [2.45, 2.75) is 32.7 Å². The Balaban J connectivity index is 1.56. The van der Waals surface area contributed by atoms with Gasteiger partial charge in [-0.15, -0.1) is 0 Å². The minimum Gasteiger partial charge on any atom is -0.457 e. The van der Waals surface area contributed by atoms with Gasteiger partial charge in [0.05, 0.1) is 0 Å². The summed E-state index contributed by atoms with van der Waals surface area (Å²) in [4.78, 5) is 15.0. The highest BCUT2D eigenvalue weighted by Crippen LogP contribution is 2.23. The molecule has 0 saturated carbocycles. The second-order valence-electron chi connectivity index (χ2n) is 7.39. The van der Waals surface area contributed by atoms with Gasteiger partial charge in [-0.05, 0) is 81.6 Å². The van der Waals surface area contributed by atoms with Crippen molar-refractivity contribution in [1.82, 2.24) is 10.2 Å². The molecule has 4 nitrogen and oxygen atoms in total. The van der Waals surface area contributed by atoms with Crippen molar-refractivity contribution >= 4 is 5.91 Å². The summed E-state index contributed by atoms with van der Waals surface area (Å²) in [6.45, 7) is 7.29. The van der Waals surface area contributed by atoms with Crippen molar-refractivity contribution in [3.63, 3.8) is 0 Å². The summed E-state index contributed by atoms with van der Waals surface area (Å²) in [6.07, 6.45) is 2.33. The number of carbonyl (C=O) groups excluding carboxylic acids is 1. The molecule has 144 valence electrons. The topological polar surface area (TPSA) is 41.6 Å². The van der Waals surface area contributed by atoms with Crippen molar-refractivity contribution in [2.24, 2.45) is 5.92 Å². The number of amides is 1. The molecule has 1 aliphatic heterocycles. The Morgan fingerprint density at radius 1 is 1.22 bits per heavy atom. The van der Waals surface area contributed by atoms with Crippen molar-refractivity contribution in [3.8, 4) is 11.5 Å². The molecule has 1 amide bonds. The average molecular weight is 370 g/mol. The average Bonchev–Trinajstić information content (AvgIpc) is 2.68. The number of halogens is 1. The molecule has 0 aliphatic carbocycles. The first-order chi connectivity index (χ1) is 13.0. The number of nitrogens with zero attached hydrogens (tertiary/aromatic N) is 1. The van der Waals surface area contributed by atoms with E-state index in [9.17, 15) is 9.18 Å². The highest BCUT2D eigenvalue weighted by Gasteiger charge is 2.22. The minimum atomic E-state index is -0.311. The lowest BCUT2D eigenvalue weighted by molar-refractivity contribution is 0.0922. The van der Waals surface area contributed by atoms with E-state index in [2.05, 4.69) is 24.1 Å². The van der Waals surface area contributed by atoms with Crippen LogP contribution in [0.2, 0.25) is 0 Å². The van der Waals surface area contributed by atoms with Gasteiger partial charge in [-0.25, -0.2) is 4.39 Å². The van der Waals surface area contributed by atoms with E-state index in [1.165, 1.54) is 18.6 Å². The molecule has 1 unspecified atom stereocenters. The molecule has 0 bridgehead atoms. The highest BCUT2D eigenvalue weighted by atomic mass is 19.1. The molecule has 1 atom stereocenters. The summed E-state index contributed by atoms with van der Waals surface area (Å²) in [6, 6.07) is 13.4. The van der Waals surface area contributed by atoms with Crippen LogP contribution in [0, 0.1) is 11.7 Å². The van der Waals surface area contributed by atoms with E-state index in [-0.39, 0.29) is 11.7 Å². The van der Waals surface area contributed by atoms with Crippen LogP contribution in [-0.2, 0) is 0 Å². The largest absolute Gasteiger partial charge is 0.457 e. The van der Waals surface area contributed by atoms with Crippen LogP contribution in [-0.4, -0.2) is 36.5 Å². The summed E-state index contributed by atoms with van der Waals surface area (Å²) in [5.74, 6) is 1.17. The molecule has 1 aliphatic rings. The van der Waals surface area contributed by atoms with Crippen LogP contribution in [0.1, 0.15) is 37.0 Å². The van der Waals surface area contributed by atoms with Gasteiger partial charge in [0.25, 0.3) is 5.91 Å². The summed E-state index contributed by atoms with van der Waals surface area (Å²) in [5, 5.41) is 3.06. The molecule has 0 spiro atoms. The Hall–Kier alpha value is -2.40. The van der Waals surface area contributed by atoms with E-state index in [0.717, 1.165) is 19.5 Å². The van der Waals surface area contributed by atoms with Gasteiger partial charge in [-0.2, -0.15) is 0 Å². The Bertz CT molecular complexity index is 761. The molecule has 27 heavy (non-hydrogen) atoms. The van der Waals surface area contributed by atoms with E-state index in [0.29, 0.717) is 35.6 Å². The zero-order valence-corrected chi connectivity index (χ0v) is 16.0. The summed E-state index contributed by atoms with van der Waals surface area (Å²) in [7, 11) is 0. The van der Waals surface area contributed by atoms with Gasteiger partial charge < -0.3 is 15.0 Å². The number of carbonyl (C=O) groups is 1. The van der Waals surface area contributed by atoms with Gasteiger partial charge in [0.1, 0.15) is 17.3 Å². The summed E-state index contributed by atoms with van der Waals surface area (Å²) < 4.78 is 18.7. The second kappa shape index (κ2) is 9.00. The Labute approximate surface area is 160 Å². The van der Waals surface area contributed by atoms with Crippen LogP contribution in [0.3, 0.4) is 0 Å². The van der Waals surface area contributed by atoms with Crippen LogP contribution in [0.15, 0.2) is 48.5 Å². The number of hydrogen-bond acceptors (Lipinski definition) is 3. The molecule has 5 heteroatoms. The molecule has 2 aromatic carbocycles. The first kappa shape index (κ1) is 19.4. The smallest absolute Gasteiger partial charge is 0.251 e. The number of nitrogens with one attached hydrogen (secondary N) is 1. The van der Waals surface area contributed by atoms with Crippen LogP contribution >= 0.6 is 0 Å². The molecule has 1 N–H and O–H groups in total. The lowest BCUT2D eigenvalue weighted by Crippen LogP contribution is -2.43. The molecule has 0 aromatic heterocycles. The van der Waals surface area contributed by atoms with Crippen molar-refractivity contribution in [2.75, 3.05) is 19.6 Å². The molecule has 3 rings (SSSR count). The monoisotopic (exact) mass is 370 g/mol. The van der Waals surface area contributed by atoms with E-state index >= 15 is 0 Å². The SMILES string of the molecule is CC(C)N1CCCC(CNC(=O)c2cccc(Oc3ccc(F)cc3)c2)C1. The third kappa shape index (κ3) is 5.54. The van der Waals surface area contributed by atoms with Gasteiger partial charge in [0, 0.05) is 24.7 Å². The predicted octanol–water partition coefficient (Wildman–Crippen LogP) is 4.47. The predicted molar refractivity (Wildman–Crippen MR) is 105 cm³/mol. The third-order valence-electron chi connectivity index (χ3n) is 4.98. The van der Waals surface area contributed by atoms with Crippen molar-refractivity contribution in [1.29, 1.82) is 0 Å². The second-order valence-corrected chi connectivity index (χ2v) is 7.39. The Morgan fingerprint density at radius 3 is 2.74 bits per heavy atom. The van der Waals surface area contributed by atoms with Gasteiger partial charge in [-0.1, -0.05) is 6.07 Å². The first-order valence-corrected chi connectivity index (χ1v) is 9.57. The molecule has 2 aromatic rings. The number of benzene rings is 2. The molecular weight excluding hydrogens is 343 g/mol. The molecule has 1 heterocycles. The quantitative estimate of drug-likeness (QED) is 0.816. The van der Waals surface area contributed by atoms with Crippen LogP contribution < -0.4 is 10.1 Å². The van der Waals surface area contributed by atoms with E-state index in [1.807, 2.05) is 0 Å². The van der Waals surface area contributed by atoms with Crippen LogP contribution in [0.4, 0.5) is 4.39 Å². The van der Waals surface area contributed by atoms with E-state index in [4.69, 9.17) is 4.74 Å². The van der Waals surface area contributed by atoms with Gasteiger partial charge in [-0.3, -0.25) is 4.79 Å². The van der Waals surface area contributed by atoms with E-state index in [1.54, 1.807) is 36.4 Å². The van der Waals surface area contributed by atoms with E-state index < -0.39 is 0 Å². The highest BCUT2D eigenvalue weighted by molar-refractivity contribution is 5.94. The zero-order valence-electron chi connectivity index (χ0n) is 16.0. The van der Waals surface area contributed by atoms with Crippen LogP contribution in [0.5, 0.6) is 11.5 Å². The van der Waals surface area contributed by atoms with Gasteiger partial charge in [0.2, 0.25) is 0 Å². The van der Waals surface area contributed by atoms with Gasteiger partial charge >= 0.3 is 0 Å². The van der Waals surface area contributed by atoms with Crippen molar-refractivity contribution in [3.05, 3.63) is 59.9 Å².